The summed E-state index contributed by atoms with van der Waals surface area (Å²) >= 11 is 0. The number of carbonyl (C=O) groups is 2. The van der Waals surface area contributed by atoms with Crippen molar-refractivity contribution in [1.29, 1.82) is 5.41 Å². The molecule has 0 aromatic heterocycles. The number of nitrogens with one attached hydrogen (secondary N) is 2. The number of anilines is 1. The van der Waals surface area contributed by atoms with Crippen molar-refractivity contribution in [2.75, 3.05) is 30.5 Å². The van der Waals surface area contributed by atoms with Crippen LogP contribution in [0.4, 0.5) is 5.69 Å². The summed E-state index contributed by atoms with van der Waals surface area (Å²) in [5, 5.41) is 10.7. The Hall–Kier alpha value is -3.60. The predicted octanol–water partition coefficient (Wildman–Crippen LogP) is 3.92. The highest BCUT2D eigenvalue weighted by atomic mass is 32.2. The number of benzene rings is 2. The van der Waals surface area contributed by atoms with Crippen molar-refractivity contribution in [3.8, 4) is 0 Å². The van der Waals surface area contributed by atoms with Crippen LogP contribution in [0.3, 0.4) is 0 Å². The van der Waals surface area contributed by atoms with Crippen LogP contribution in [0.25, 0.3) is 0 Å². The average molecular weight is 625 g/mol. The fraction of sp³-hybridized carbons (Fsp3) is 0.545. The quantitative estimate of drug-likeness (QED) is 0.301. The highest BCUT2D eigenvalue weighted by Gasteiger charge is 2.41. The van der Waals surface area contributed by atoms with Gasteiger partial charge in [0.15, 0.2) is 5.96 Å². The minimum Gasteiger partial charge on any atom is -0.370 e. The molecule has 2 fully saturated rings. The summed E-state index contributed by atoms with van der Waals surface area (Å²) in [6, 6.07) is 7.01. The van der Waals surface area contributed by atoms with Gasteiger partial charge in [-0.3, -0.25) is 19.3 Å². The molecule has 2 amide bonds. The molecule has 44 heavy (non-hydrogen) atoms. The van der Waals surface area contributed by atoms with Crippen LogP contribution in [0.1, 0.15) is 66.8 Å². The molecule has 2 aromatic carbocycles. The van der Waals surface area contributed by atoms with E-state index in [1.54, 1.807) is 36.1 Å². The number of sulfonamides is 1. The molecule has 2 aliphatic rings. The molecule has 2 aromatic rings. The van der Waals surface area contributed by atoms with Crippen molar-refractivity contribution in [3.63, 3.8) is 0 Å². The molecule has 2 saturated heterocycles. The number of nitrogens with zero attached hydrogens (tertiary/aromatic N) is 3. The third-order valence-electron chi connectivity index (χ3n) is 9.78. The number of amides is 2. The van der Waals surface area contributed by atoms with Crippen molar-refractivity contribution < 1.29 is 18.0 Å². The van der Waals surface area contributed by atoms with E-state index in [0.717, 1.165) is 42.4 Å². The summed E-state index contributed by atoms with van der Waals surface area (Å²) in [5.41, 5.74) is 10.3. The zero-order chi connectivity index (χ0) is 32.3. The Balaban J connectivity index is 1.61. The highest BCUT2D eigenvalue weighted by molar-refractivity contribution is 7.93. The van der Waals surface area contributed by atoms with Gasteiger partial charge in [-0.1, -0.05) is 18.2 Å². The maximum absolute atomic E-state index is 14.6. The molecule has 2 atom stereocenters. The number of hydrogen-bond donors (Lipinski definition) is 3. The lowest BCUT2D eigenvalue weighted by atomic mass is 9.95. The van der Waals surface area contributed by atoms with Crippen LogP contribution in [0, 0.1) is 45.9 Å². The Labute approximate surface area is 262 Å². The van der Waals surface area contributed by atoms with Crippen molar-refractivity contribution in [1.82, 2.24) is 15.1 Å². The van der Waals surface area contributed by atoms with Crippen LogP contribution >= 0.6 is 0 Å². The summed E-state index contributed by atoms with van der Waals surface area (Å²) < 4.78 is 30.5. The first-order chi connectivity index (χ1) is 20.8. The van der Waals surface area contributed by atoms with Gasteiger partial charge in [0.1, 0.15) is 12.1 Å². The molecule has 1 unspecified atom stereocenters. The largest absolute Gasteiger partial charge is 0.370 e. The number of para-hydroxylation sites is 1. The van der Waals surface area contributed by atoms with Crippen molar-refractivity contribution in [2.24, 2.45) is 11.7 Å². The molecular weight excluding hydrogens is 576 g/mol. The Kier molecular flexibility index (Phi) is 10.3. The van der Waals surface area contributed by atoms with E-state index in [2.05, 4.69) is 5.32 Å². The van der Waals surface area contributed by atoms with Crippen LogP contribution in [-0.4, -0.2) is 74.3 Å². The van der Waals surface area contributed by atoms with E-state index in [1.165, 1.54) is 4.31 Å². The molecule has 0 bridgehead atoms. The molecule has 2 heterocycles. The van der Waals surface area contributed by atoms with E-state index >= 15 is 0 Å². The first-order valence-electron chi connectivity index (χ1n) is 15.6. The molecule has 0 radical (unpaired) electrons. The second-order valence-corrected chi connectivity index (χ2v) is 14.1. The topological polar surface area (TPSA) is 140 Å². The van der Waals surface area contributed by atoms with Gasteiger partial charge in [-0.2, -0.15) is 0 Å². The standard InChI is InChI=1S/C33H48N6O4S/c1-21-22(2)24(4)30(25(5)23(21)3)44(42,43)39(28-12-8-7-9-13-28)26(6)32(41)38-17-11-10-14-29(38)31(40)36-20-27-15-18-37(19-16-27)33(34)35/h7-9,12-13,26-27,29H,10-11,14-20H2,1-6H3,(H3,34,35)(H,36,40)/t26-,29?/m0/s1. The minimum absolute atomic E-state index is 0.0718. The lowest BCUT2D eigenvalue weighted by molar-refractivity contribution is -0.143. The third kappa shape index (κ3) is 6.57. The number of likely N-dealkylation sites (tertiary alicyclic amines) is 2. The van der Waals surface area contributed by atoms with Gasteiger partial charge in [-0.15, -0.1) is 0 Å². The van der Waals surface area contributed by atoms with Crippen molar-refractivity contribution >= 4 is 33.5 Å². The fourth-order valence-electron chi connectivity index (χ4n) is 6.65. The molecule has 240 valence electrons. The lowest BCUT2D eigenvalue weighted by Gasteiger charge is -2.39. The summed E-state index contributed by atoms with van der Waals surface area (Å²) in [5.74, 6) is -0.247. The summed E-state index contributed by atoms with van der Waals surface area (Å²) in [4.78, 5) is 31.4. The lowest BCUT2D eigenvalue weighted by Crippen LogP contribution is -2.58. The SMILES string of the molecule is Cc1c(C)c(C)c(S(=O)(=O)N(c2ccccc2)[C@@H](C)C(=O)N2CCCCC2C(=O)NCC2CCN(C(=N)N)CC2)c(C)c1C. The number of hydrogen-bond acceptors (Lipinski definition) is 5. The molecule has 2 aliphatic heterocycles. The van der Waals surface area contributed by atoms with Gasteiger partial charge in [0.05, 0.1) is 10.6 Å². The molecule has 4 N–H and O–H groups in total. The highest BCUT2D eigenvalue weighted by Crippen LogP contribution is 2.35. The minimum atomic E-state index is -4.18. The normalized spacial score (nSPS) is 18.5. The number of carbonyl (C=O) groups excluding carboxylic acids is 2. The molecule has 11 heteroatoms. The molecule has 10 nitrogen and oxygen atoms in total. The molecule has 0 spiro atoms. The molecular formula is C33H48N6O4S. The number of rotatable bonds is 8. The average Bonchev–Trinajstić information content (AvgIpc) is 3.01. The van der Waals surface area contributed by atoms with Crippen LogP contribution in [0.2, 0.25) is 0 Å². The zero-order valence-electron chi connectivity index (χ0n) is 26.9. The van der Waals surface area contributed by atoms with Gasteiger partial charge in [0.25, 0.3) is 10.0 Å². The zero-order valence-corrected chi connectivity index (χ0v) is 27.8. The first kappa shape index (κ1) is 33.3. The molecule has 4 rings (SSSR count). The molecule has 0 saturated carbocycles. The Morgan fingerprint density at radius 1 is 0.932 bits per heavy atom. The third-order valence-corrected chi connectivity index (χ3v) is 11.9. The van der Waals surface area contributed by atoms with Crippen molar-refractivity contribution in [3.05, 3.63) is 58.1 Å². The number of piperidine rings is 2. The maximum Gasteiger partial charge on any atom is 0.265 e. The monoisotopic (exact) mass is 624 g/mol. The van der Waals surface area contributed by atoms with Crippen LogP contribution in [0.15, 0.2) is 35.2 Å². The van der Waals surface area contributed by atoms with Crippen LogP contribution in [-0.2, 0) is 19.6 Å². The van der Waals surface area contributed by atoms with E-state index in [4.69, 9.17) is 11.1 Å². The van der Waals surface area contributed by atoms with E-state index in [0.29, 0.717) is 49.4 Å². The first-order valence-corrected chi connectivity index (χ1v) is 17.0. The Bertz CT molecular complexity index is 1470. The number of nitrogens with two attached hydrogens (primary N) is 1. The fourth-order valence-corrected chi connectivity index (χ4v) is 8.83. The van der Waals surface area contributed by atoms with Crippen LogP contribution in [0.5, 0.6) is 0 Å². The number of guanidine groups is 1. The van der Waals surface area contributed by atoms with Gasteiger partial charge >= 0.3 is 0 Å². The van der Waals surface area contributed by atoms with Crippen molar-refractivity contribution in [2.45, 2.75) is 90.6 Å². The summed E-state index contributed by atoms with van der Waals surface area (Å²) in [6.07, 6.45) is 3.74. The van der Waals surface area contributed by atoms with E-state index in [9.17, 15) is 18.0 Å². The van der Waals surface area contributed by atoms with Gasteiger partial charge in [0, 0.05) is 26.2 Å². The molecule has 0 aliphatic carbocycles. The summed E-state index contributed by atoms with van der Waals surface area (Å²) in [7, 11) is -4.18. The second-order valence-electron chi connectivity index (χ2n) is 12.4. The van der Waals surface area contributed by atoms with Gasteiger partial charge in [-0.25, -0.2) is 8.42 Å². The Morgan fingerprint density at radius 2 is 1.50 bits per heavy atom. The van der Waals surface area contributed by atoms with Gasteiger partial charge < -0.3 is 20.9 Å². The summed E-state index contributed by atoms with van der Waals surface area (Å²) in [6.45, 7) is 13.4. The maximum atomic E-state index is 14.6. The van der Waals surface area contributed by atoms with Gasteiger partial charge in [-0.05, 0) is 120 Å². The van der Waals surface area contributed by atoms with Crippen LogP contribution < -0.4 is 15.4 Å². The van der Waals surface area contributed by atoms with E-state index in [-0.39, 0.29) is 28.6 Å². The Morgan fingerprint density at radius 3 is 2.07 bits per heavy atom. The van der Waals surface area contributed by atoms with E-state index < -0.39 is 22.1 Å². The smallest absolute Gasteiger partial charge is 0.265 e. The van der Waals surface area contributed by atoms with Gasteiger partial charge in [0.2, 0.25) is 11.8 Å². The second kappa shape index (κ2) is 13.6. The van der Waals surface area contributed by atoms with E-state index in [1.807, 2.05) is 45.6 Å². The predicted molar refractivity (Wildman–Crippen MR) is 174 cm³/mol.